The quantitative estimate of drug-likeness (QED) is 0.813. The second-order valence-corrected chi connectivity index (χ2v) is 6.50. The van der Waals surface area contributed by atoms with Crippen molar-refractivity contribution >= 4 is 0 Å². The zero-order chi connectivity index (χ0) is 12.4. The summed E-state index contributed by atoms with van der Waals surface area (Å²) in [6.45, 7) is 12.0. The lowest BCUT2D eigenvalue weighted by Crippen LogP contribution is -2.61. The molecule has 0 spiro atoms. The Hall–Kier alpha value is -0.0800. The van der Waals surface area contributed by atoms with E-state index in [1.165, 1.54) is 38.8 Å². The standard InChI is InChI=1S/C15H30N2/c1-5-13-10-17(14-8-6-7-12(14)4)15(9-16-13)11(2)3/h11-16H,5-10H2,1-4H3. The first-order valence-corrected chi connectivity index (χ1v) is 7.62. The smallest absolute Gasteiger partial charge is 0.0247 e. The van der Waals surface area contributed by atoms with Crippen LogP contribution in [-0.2, 0) is 0 Å². The van der Waals surface area contributed by atoms with Gasteiger partial charge in [0.2, 0.25) is 0 Å². The van der Waals surface area contributed by atoms with Crippen LogP contribution in [0.3, 0.4) is 0 Å². The van der Waals surface area contributed by atoms with Crippen LogP contribution < -0.4 is 5.32 Å². The van der Waals surface area contributed by atoms with E-state index in [1.807, 2.05) is 0 Å². The summed E-state index contributed by atoms with van der Waals surface area (Å²) in [6.07, 6.45) is 5.58. The molecule has 17 heavy (non-hydrogen) atoms. The second kappa shape index (κ2) is 5.71. The molecule has 1 N–H and O–H groups in total. The van der Waals surface area contributed by atoms with Gasteiger partial charge in [-0.25, -0.2) is 0 Å². The van der Waals surface area contributed by atoms with Gasteiger partial charge < -0.3 is 5.32 Å². The van der Waals surface area contributed by atoms with Gasteiger partial charge >= 0.3 is 0 Å². The van der Waals surface area contributed by atoms with Gasteiger partial charge in [0.05, 0.1) is 0 Å². The van der Waals surface area contributed by atoms with Crippen LogP contribution in [-0.4, -0.2) is 36.1 Å². The van der Waals surface area contributed by atoms with Crippen LogP contribution in [0.1, 0.15) is 53.4 Å². The van der Waals surface area contributed by atoms with Gasteiger partial charge in [0.15, 0.2) is 0 Å². The maximum absolute atomic E-state index is 3.73. The van der Waals surface area contributed by atoms with E-state index in [-0.39, 0.29) is 0 Å². The van der Waals surface area contributed by atoms with Crippen molar-refractivity contribution in [1.29, 1.82) is 0 Å². The minimum absolute atomic E-state index is 0.720. The first kappa shape index (κ1) is 13.4. The molecule has 0 amide bonds. The highest BCUT2D eigenvalue weighted by atomic mass is 15.3. The molecule has 1 saturated carbocycles. The molecule has 4 atom stereocenters. The summed E-state index contributed by atoms with van der Waals surface area (Å²) in [5.74, 6) is 1.68. The molecule has 0 bridgehead atoms. The molecule has 2 nitrogen and oxygen atoms in total. The Bertz CT molecular complexity index is 237. The van der Waals surface area contributed by atoms with E-state index in [0.717, 1.165) is 30.0 Å². The number of rotatable bonds is 3. The Morgan fingerprint density at radius 2 is 2.06 bits per heavy atom. The topological polar surface area (TPSA) is 15.3 Å². The zero-order valence-electron chi connectivity index (χ0n) is 12.1. The van der Waals surface area contributed by atoms with E-state index in [9.17, 15) is 0 Å². The SMILES string of the molecule is CCC1CN(C2CCCC2C)C(C(C)C)CN1. The van der Waals surface area contributed by atoms with E-state index in [0.29, 0.717) is 0 Å². The average Bonchev–Trinajstić information content (AvgIpc) is 2.74. The highest BCUT2D eigenvalue weighted by Crippen LogP contribution is 2.33. The Balaban J connectivity index is 2.07. The van der Waals surface area contributed by atoms with Gasteiger partial charge in [0, 0.05) is 31.2 Å². The predicted octanol–water partition coefficient (Wildman–Crippen LogP) is 2.88. The van der Waals surface area contributed by atoms with Gasteiger partial charge in [0.25, 0.3) is 0 Å². The number of hydrogen-bond acceptors (Lipinski definition) is 2. The zero-order valence-corrected chi connectivity index (χ0v) is 12.1. The summed E-state index contributed by atoms with van der Waals surface area (Å²) in [6, 6.07) is 2.33. The van der Waals surface area contributed by atoms with Crippen molar-refractivity contribution < 1.29 is 0 Å². The van der Waals surface area contributed by atoms with Gasteiger partial charge in [-0.05, 0) is 31.1 Å². The minimum atomic E-state index is 0.720. The first-order valence-electron chi connectivity index (χ1n) is 7.62. The molecule has 100 valence electrons. The van der Waals surface area contributed by atoms with Crippen molar-refractivity contribution in [3.63, 3.8) is 0 Å². The molecular weight excluding hydrogens is 208 g/mol. The summed E-state index contributed by atoms with van der Waals surface area (Å²) in [4.78, 5) is 2.85. The molecule has 0 aromatic carbocycles. The molecule has 2 rings (SSSR count). The third kappa shape index (κ3) is 2.85. The third-order valence-electron chi connectivity index (χ3n) is 4.98. The average molecular weight is 238 g/mol. The van der Waals surface area contributed by atoms with Crippen LogP contribution in [0.15, 0.2) is 0 Å². The van der Waals surface area contributed by atoms with Crippen molar-refractivity contribution in [3.05, 3.63) is 0 Å². The molecule has 2 aliphatic rings. The molecular formula is C15H30N2. The maximum Gasteiger partial charge on any atom is 0.0247 e. The van der Waals surface area contributed by atoms with Crippen LogP contribution in [0.25, 0.3) is 0 Å². The third-order valence-corrected chi connectivity index (χ3v) is 4.98. The fourth-order valence-electron chi connectivity index (χ4n) is 3.75. The number of nitrogens with zero attached hydrogens (tertiary/aromatic N) is 1. The van der Waals surface area contributed by atoms with Gasteiger partial charge in [-0.3, -0.25) is 4.90 Å². The van der Waals surface area contributed by atoms with E-state index in [4.69, 9.17) is 0 Å². The van der Waals surface area contributed by atoms with Crippen molar-refractivity contribution in [2.24, 2.45) is 11.8 Å². The van der Waals surface area contributed by atoms with Crippen LogP contribution in [0.4, 0.5) is 0 Å². The maximum atomic E-state index is 3.73. The lowest BCUT2D eigenvalue weighted by Gasteiger charge is -2.46. The summed E-state index contributed by atoms with van der Waals surface area (Å²) in [5.41, 5.74) is 0. The summed E-state index contributed by atoms with van der Waals surface area (Å²) >= 11 is 0. The highest BCUT2D eigenvalue weighted by molar-refractivity contribution is 4.94. The summed E-state index contributed by atoms with van der Waals surface area (Å²) in [7, 11) is 0. The summed E-state index contributed by atoms with van der Waals surface area (Å²) in [5, 5.41) is 3.73. The lowest BCUT2D eigenvalue weighted by molar-refractivity contribution is 0.0414. The number of nitrogens with one attached hydrogen (secondary N) is 1. The molecule has 1 aliphatic carbocycles. The van der Waals surface area contributed by atoms with Gasteiger partial charge in [-0.1, -0.05) is 34.1 Å². The molecule has 2 fully saturated rings. The monoisotopic (exact) mass is 238 g/mol. The lowest BCUT2D eigenvalue weighted by atomic mass is 9.93. The van der Waals surface area contributed by atoms with E-state index >= 15 is 0 Å². The summed E-state index contributed by atoms with van der Waals surface area (Å²) < 4.78 is 0. The van der Waals surface area contributed by atoms with Crippen molar-refractivity contribution in [1.82, 2.24) is 10.2 Å². The Morgan fingerprint density at radius 3 is 2.59 bits per heavy atom. The first-order chi connectivity index (χ1) is 8.13. The normalized spacial score (nSPS) is 40.1. The molecule has 2 heteroatoms. The molecule has 0 aromatic heterocycles. The fraction of sp³-hybridized carbons (Fsp3) is 1.00. The van der Waals surface area contributed by atoms with E-state index in [2.05, 4.69) is 37.9 Å². The molecule has 0 aromatic rings. The molecule has 1 saturated heterocycles. The van der Waals surface area contributed by atoms with Gasteiger partial charge in [-0.2, -0.15) is 0 Å². The highest BCUT2D eigenvalue weighted by Gasteiger charge is 2.37. The van der Waals surface area contributed by atoms with Crippen LogP contribution in [0.2, 0.25) is 0 Å². The minimum Gasteiger partial charge on any atom is -0.311 e. The number of hydrogen-bond donors (Lipinski definition) is 1. The van der Waals surface area contributed by atoms with E-state index in [1.54, 1.807) is 0 Å². The van der Waals surface area contributed by atoms with Crippen molar-refractivity contribution in [3.8, 4) is 0 Å². The van der Waals surface area contributed by atoms with Crippen LogP contribution >= 0.6 is 0 Å². The Kier molecular flexibility index (Phi) is 4.48. The molecule has 1 heterocycles. The largest absolute Gasteiger partial charge is 0.311 e. The molecule has 0 radical (unpaired) electrons. The Morgan fingerprint density at radius 1 is 1.29 bits per heavy atom. The fourth-order valence-corrected chi connectivity index (χ4v) is 3.75. The van der Waals surface area contributed by atoms with Gasteiger partial charge in [-0.15, -0.1) is 0 Å². The van der Waals surface area contributed by atoms with Crippen LogP contribution in [0, 0.1) is 11.8 Å². The molecule has 4 unspecified atom stereocenters. The van der Waals surface area contributed by atoms with Crippen LogP contribution in [0.5, 0.6) is 0 Å². The van der Waals surface area contributed by atoms with Gasteiger partial charge in [0.1, 0.15) is 0 Å². The van der Waals surface area contributed by atoms with Crippen molar-refractivity contribution in [2.45, 2.75) is 71.5 Å². The van der Waals surface area contributed by atoms with E-state index < -0.39 is 0 Å². The second-order valence-electron chi connectivity index (χ2n) is 6.50. The Labute approximate surface area is 107 Å². The predicted molar refractivity (Wildman–Crippen MR) is 74.2 cm³/mol. The van der Waals surface area contributed by atoms with Crippen molar-refractivity contribution in [2.75, 3.05) is 13.1 Å². The number of piperazine rings is 1. The molecule has 1 aliphatic heterocycles.